The van der Waals surface area contributed by atoms with Crippen LogP contribution in [0.5, 0.6) is 0 Å². The number of hydrogen-bond acceptors (Lipinski definition) is 3. The molecule has 0 radical (unpaired) electrons. The minimum Gasteiger partial charge on any atom is -0.349 e. The number of nitrogens with one attached hydrogen (secondary N) is 2. The Balaban J connectivity index is 1.30. The molecule has 150 valence electrons. The van der Waals surface area contributed by atoms with Crippen molar-refractivity contribution in [1.82, 2.24) is 5.32 Å². The molecular weight excluding hydrogens is 364 g/mol. The summed E-state index contributed by atoms with van der Waals surface area (Å²) in [5.74, 6) is -0.353. The monoisotopic (exact) mass is 390 g/mol. The minimum atomic E-state index is -0.226. The molecule has 5 nitrogen and oxygen atoms in total. The predicted molar refractivity (Wildman–Crippen MR) is 112 cm³/mol. The van der Waals surface area contributed by atoms with Crippen molar-refractivity contribution < 1.29 is 14.4 Å². The first-order valence-corrected chi connectivity index (χ1v) is 10.4. The predicted octanol–water partition coefficient (Wildman–Crippen LogP) is 4.06. The number of ketones is 1. The zero-order valence-electron chi connectivity index (χ0n) is 16.5. The smallest absolute Gasteiger partial charge is 0.251 e. The molecule has 0 aromatic heterocycles. The lowest BCUT2D eigenvalue weighted by molar-refractivity contribution is -0.116. The molecule has 2 aliphatic rings. The Morgan fingerprint density at radius 2 is 1.66 bits per heavy atom. The summed E-state index contributed by atoms with van der Waals surface area (Å²) in [4.78, 5) is 36.9. The number of fused-ring (bicyclic) bond motifs is 1. The van der Waals surface area contributed by atoms with E-state index in [2.05, 4.69) is 16.7 Å². The van der Waals surface area contributed by atoms with Crippen LogP contribution in [0, 0.1) is 0 Å². The molecule has 0 saturated heterocycles. The lowest BCUT2D eigenvalue weighted by atomic mass is 9.89. The SMILES string of the molecule is O=C(CCC(=O)c1ccc2c(c1)CCCC2)Nc1cccc(C(=O)NC2CC2)c1. The van der Waals surface area contributed by atoms with Gasteiger partial charge in [-0.1, -0.05) is 18.2 Å². The van der Waals surface area contributed by atoms with E-state index in [0.717, 1.165) is 25.7 Å². The van der Waals surface area contributed by atoms with Gasteiger partial charge < -0.3 is 10.6 Å². The van der Waals surface area contributed by atoms with Gasteiger partial charge in [-0.05, 0) is 73.9 Å². The van der Waals surface area contributed by atoms with Crippen molar-refractivity contribution >= 4 is 23.3 Å². The van der Waals surface area contributed by atoms with Crippen LogP contribution in [-0.4, -0.2) is 23.6 Å². The van der Waals surface area contributed by atoms with E-state index in [1.807, 2.05) is 12.1 Å². The number of carbonyl (C=O) groups excluding carboxylic acids is 3. The maximum atomic E-state index is 12.5. The van der Waals surface area contributed by atoms with E-state index in [-0.39, 0.29) is 36.5 Å². The number of hydrogen-bond donors (Lipinski definition) is 2. The Morgan fingerprint density at radius 3 is 2.45 bits per heavy atom. The van der Waals surface area contributed by atoms with Gasteiger partial charge in [-0.25, -0.2) is 0 Å². The first kappa shape index (κ1) is 19.4. The van der Waals surface area contributed by atoms with Crippen LogP contribution in [0.15, 0.2) is 42.5 Å². The molecule has 0 atom stereocenters. The van der Waals surface area contributed by atoms with Gasteiger partial charge in [0.15, 0.2) is 5.78 Å². The summed E-state index contributed by atoms with van der Waals surface area (Å²) in [7, 11) is 0. The van der Waals surface area contributed by atoms with Crippen LogP contribution < -0.4 is 10.6 Å². The van der Waals surface area contributed by atoms with Gasteiger partial charge in [-0.15, -0.1) is 0 Å². The molecule has 4 rings (SSSR count). The summed E-state index contributed by atoms with van der Waals surface area (Å²) in [5.41, 5.74) is 4.40. The molecule has 0 bridgehead atoms. The molecular formula is C24H26N2O3. The number of carbonyl (C=O) groups is 3. The molecule has 2 aliphatic carbocycles. The topological polar surface area (TPSA) is 75.3 Å². The third-order valence-electron chi connectivity index (χ3n) is 5.57. The average Bonchev–Trinajstić information content (AvgIpc) is 3.56. The van der Waals surface area contributed by atoms with Crippen LogP contribution in [0.3, 0.4) is 0 Å². The summed E-state index contributed by atoms with van der Waals surface area (Å²) in [6.45, 7) is 0. The van der Waals surface area contributed by atoms with Crippen molar-refractivity contribution in [3.05, 3.63) is 64.7 Å². The summed E-state index contributed by atoms with van der Waals surface area (Å²) in [6, 6.07) is 13.1. The molecule has 1 saturated carbocycles. The van der Waals surface area contributed by atoms with Crippen LogP contribution in [0.25, 0.3) is 0 Å². The Morgan fingerprint density at radius 1 is 0.862 bits per heavy atom. The Labute approximate surface area is 170 Å². The van der Waals surface area contributed by atoms with Gasteiger partial charge in [0.25, 0.3) is 5.91 Å². The van der Waals surface area contributed by atoms with Crippen LogP contribution >= 0.6 is 0 Å². The highest BCUT2D eigenvalue weighted by molar-refractivity contribution is 6.01. The molecule has 0 aliphatic heterocycles. The second-order valence-corrected chi connectivity index (χ2v) is 7.99. The number of Topliss-reactive ketones (excluding diaryl/α,β-unsaturated/α-hetero) is 1. The molecule has 0 unspecified atom stereocenters. The molecule has 2 aromatic rings. The Hall–Kier alpha value is -2.95. The van der Waals surface area contributed by atoms with E-state index in [4.69, 9.17) is 0 Å². The third kappa shape index (κ3) is 5.11. The number of benzene rings is 2. The number of anilines is 1. The first-order chi connectivity index (χ1) is 14.1. The maximum absolute atomic E-state index is 12.5. The van der Waals surface area contributed by atoms with Gasteiger partial charge in [-0.2, -0.15) is 0 Å². The fourth-order valence-corrected chi connectivity index (χ4v) is 3.74. The van der Waals surface area contributed by atoms with Gasteiger partial charge in [0.2, 0.25) is 5.91 Å². The first-order valence-electron chi connectivity index (χ1n) is 10.4. The van der Waals surface area contributed by atoms with Crippen molar-refractivity contribution in [2.24, 2.45) is 0 Å². The Kier molecular flexibility index (Phi) is 5.74. The highest BCUT2D eigenvalue weighted by Crippen LogP contribution is 2.23. The lowest BCUT2D eigenvalue weighted by Gasteiger charge is -2.16. The minimum absolute atomic E-state index is 0.00825. The Bertz CT molecular complexity index is 947. The molecule has 1 fully saturated rings. The van der Waals surface area contributed by atoms with Crippen LogP contribution in [0.1, 0.15) is 70.4 Å². The molecule has 0 spiro atoms. The van der Waals surface area contributed by atoms with Gasteiger partial charge in [0.05, 0.1) is 0 Å². The maximum Gasteiger partial charge on any atom is 0.251 e. The van der Waals surface area contributed by atoms with Gasteiger partial charge in [0, 0.05) is 35.7 Å². The highest BCUT2D eigenvalue weighted by Gasteiger charge is 2.23. The van der Waals surface area contributed by atoms with Crippen molar-refractivity contribution in [2.75, 3.05) is 5.32 Å². The summed E-state index contributed by atoms with van der Waals surface area (Å²) in [6.07, 6.45) is 6.85. The molecule has 2 N–H and O–H groups in total. The van der Waals surface area contributed by atoms with Crippen LogP contribution in [0.4, 0.5) is 5.69 Å². The standard InChI is InChI=1S/C24H26N2O3/c27-22(18-9-8-16-4-1-2-5-17(16)14-18)12-13-23(28)25-21-7-3-6-19(15-21)24(29)26-20-10-11-20/h3,6-9,14-15,20H,1-2,4-5,10-13H2,(H,25,28)(H,26,29). The van der Waals surface area contributed by atoms with Crippen molar-refractivity contribution in [1.29, 1.82) is 0 Å². The lowest BCUT2D eigenvalue weighted by Crippen LogP contribution is -2.25. The summed E-state index contributed by atoms with van der Waals surface area (Å²) < 4.78 is 0. The van der Waals surface area contributed by atoms with E-state index in [9.17, 15) is 14.4 Å². The molecule has 0 heterocycles. The summed E-state index contributed by atoms with van der Waals surface area (Å²) >= 11 is 0. The number of aryl methyl sites for hydroxylation is 2. The highest BCUT2D eigenvalue weighted by atomic mass is 16.2. The number of amides is 2. The van der Waals surface area contributed by atoms with Crippen molar-refractivity contribution in [2.45, 2.75) is 57.4 Å². The third-order valence-corrected chi connectivity index (χ3v) is 5.57. The zero-order valence-corrected chi connectivity index (χ0v) is 16.5. The van der Waals surface area contributed by atoms with Crippen LogP contribution in [-0.2, 0) is 17.6 Å². The van der Waals surface area contributed by atoms with Gasteiger partial charge in [0.1, 0.15) is 0 Å². The second-order valence-electron chi connectivity index (χ2n) is 7.99. The summed E-state index contributed by atoms with van der Waals surface area (Å²) in [5, 5.41) is 5.73. The van der Waals surface area contributed by atoms with Crippen molar-refractivity contribution in [3.63, 3.8) is 0 Å². The van der Waals surface area contributed by atoms with E-state index < -0.39 is 0 Å². The van der Waals surface area contributed by atoms with E-state index >= 15 is 0 Å². The van der Waals surface area contributed by atoms with Crippen molar-refractivity contribution in [3.8, 4) is 0 Å². The number of rotatable bonds is 7. The second kappa shape index (κ2) is 8.60. The van der Waals surface area contributed by atoms with E-state index in [0.29, 0.717) is 16.8 Å². The fourth-order valence-electron chi connectivity index (χ4n) is 3.74. The van der Waals surface area contributed by atoms with E-state index in [1.54, 1.807) is 24.3 Å². The largest absolute Gasteiger partial charge is 0.349 e. The quantitative estimate of drug-likeness (QED) is 0.700. The average molecular weight is 390 g/mol. The molecule has 5 heteroatoms. The van der Waals surface area contributed by atoms with Crippen LogP contribution in [0.2, 0.25) is 0 Å². The van der Waals surface area contributed by atoms with Gasteiger partial charge >= 0.3 is 0 Å². The molecule has 29 heavy (non-hydrogen) atoms. The molecule has 2 aromatic carbocycles. The van der Waals surface area contributed by atoms with E-state index in [1.165, 1.54) is 24.0 Å². The fraction of sp³-hybridized carbons (Fsp3) is 0.375. The molecule has 2 amide bonds. The normalized spacial score (nSPS) is 15.3. The van der Waals surface area contributed by atoms with Gasteiger partial charge in [-0.3, -0.25) is 14.4 Å². The zero-order chi connectivity index (χ0) is 20.2.